The fourth-order valence-corrected chi connectivity index (χ4v) is 1.20. The minimum atomic E-state index is -0.621. The number of hydrogen-bond acceptors (Lipinski definition) is 5. The van der Waals surface area contributed by atoms with Gasteiger partial charge in [-0.25, -0.2) is 9.78 Å². The van der Waals surface area contributed by atoms with Gasteiger partial charge in [0.15, 0.2) is 0 Å². The highest BCUT2D eigenvalue weighted by Gasteiger charge is 2.13. The van der Waals surface area contributed by atoms with E-state index in [1.807, 2.05) is 0 Å². The molecule has 1 aromatic rings. The predicted octanol–water partition coefficient (Wildman–Crippen LogP) is 2.22. The number of aromatic nitrogens is 1. The Morgan fingerprint density at radius 1 is 1.71 bits per heavy atom. The zero-order valence-electron chi connectivity index (χ0n) is 8.92. The molecule has 7 heteroatoms. The number of esters is 1. The maximum atomic E-state index is 11.0. The lowest BCUT2D eigenvalue weighted by Gasteiger charge is -1.97. The summed E-state index contributed by atoms with van der Waals surface area (Å²) in [6.45, 7) is 1.90. The first-order valence-corrected chi connectivity index (χ1v) is 5.07. The number of hydrogen-bond donors (Lipinski definition) is 0. The number of pyridine rings is 1. The van der Waals surface area contributed by atoms with Gasteiger partial charge >= 0.3 is 5.97 Å². The van der Waals surface area contributed by atoms with Gasteiger partial charge in [0.05, 0.1) is 16.6 Å². The summed E-state index contributed by atoms with van der Waals surface area (Å²) in [6.07, 6.45) is 3.55. The van der Waals surface area contributed by atoms with Gasteiger partial charge in [0.25, 0.3) is 5.69 Å². The van der Waals surface area contributed by atoms with E-state index >= 15 is 0 Å². The quantitative estimate of drug-likeness (QED) is 0.357. The van der Waals surface area contributed by atoms with Crippen molar-refractivity contribution in [2.24, 2.45) is 0 Å². The minimum Gasteiger partial charge on any atom is -0.463 e. The van der Waals surface area contributed by atoms with Crippen LogP contribution in [0.4, 0.5) is 5.69 Å². The van der Waals surface area contributed by atoms with Crippen molar-refractivity contribution in [2.75, 3.05) is 6.61 Å². The second-order valence-electron chi connectivity index (χ2n) is 2.90. The van der Waals surface area contributed by atoms with Crippen LogP contribution in [0.1, 0.15) is 12.6 Å². The van der Waals surface area contributed by atoms with Crippen molar-refractivity contribution in [1.82, 2.24) is 4.98 Å². The van der Waals surface area contributed by atoms with Crippen LogP contribution in [0.5, 0.6) is 0 Å². The topological polar surface area (TPSA) is 82.3 Å². The normalized spacial score (nSPS) is 10.5. The third-order valence-electron chi connectivity index (χ3n) is 1.72. The van der Waals surface area contributed by atoms with Gasteiger partial charge in [-0.1, -0.05) is 11.6 Å². The third-order valence-corrected chi connectivity index (χ3v) is 1.93. The summed E-state index contributed by atoms with van der Waals surface area (Å²) in [5.74, 6) is -0.585. The van der Waals surface area contributed by atoms with Crippen LogP contribution in [0.15, 0.2) is 18.3 Å². The van der Waals surface area contributed by atoms with Crippen molar-refractivity contribution in [1.29, 1.82) is 0 Å². The van der Waals surface area contributed by atoms with Crippen LogP contribution < -0.4 is 0 Å². The molecule has 0 radical (unpaired) electrons. The SMILES string of the molecule is CCOC(=O)C=Cc1ncc(Cl)cc1[N+](=O)[O-]. The Morgan fingerprint density at radius 2 is 2.41 bits per heavy atom. The van der Waals surface area contributed by atoms with E-state index in [2.05, 4.69) is 9.72 Å². The summed E-state index contributed by atoms with van der Waals surface area (Å²) >= 11 is 5.59. The van der Waals surface area contributed by atoms with Crippen LogP contribution in [0.3, 0.4) is 0 Å². The van der Waals surface area contributed by atoms with E-state index in [9.17, 15) is 14.9 Å². The lowest BCUT2D eigenvalue weighted by atomic mass is 10.3. The summed E-state index contributed by atoms with van der Waals surface area (Å²) in [7, 11) is 0. The fraction of sp³-hybridized carbons (Fsp3) is 0.200. The maximum Gasteiger partial charge on any atom is 0.330 e. The summed E-state index contributed by atoms with van der Waals surface area (Å²) in [5.41, 5.74) is -0.217. The largest absolute Gasteiger partial charge is 0.463 e. The number of ether oxygens (including phenoxy) is 1. The molecule has 6 nitrogen and oxygen atoms in total. The summed E-state index contributed by atoms with van der Waals surface area (Å²) < 4.78 is 4.64. The zero-order chi connectivity index (χ0) is 12.8. The van der Waals surface area contributed by atoms with Crippen molar-refractivity contribution < 1.29 is 14.5 Å². The monoisotopic (exact) mass is 256 g/mol. The Labute approximate surface area is 102 Å². The average molecular weight is 257 g/mol. The first-order valence-electron chi connectivity index (χ1n) is 4.69. The third kappa shape index (κ3) is 3.84. The van der Waals surface area contributed by atoms with Gasteiger partial charge in [0.2, 0.25) is 0 Å². The summed E-state index contributed by atoms with van der Waals surface area (Å²) in [5, 5.41) is 10.9. The fourth-order valence-electron chi connectivity index (χ4n) is 1.05. The van der Waals surface area contributed by atoms with Gasteiger partial charge in [-0.05, 0) is 13.0 Å². The van der Waals surface area contributed by atoms with E-state index in [1.165, 1.54) is 18.3 Å². The molecule has 0 saturated carbocycles. The molecule has 17 heavy (non-hydrogen) atoms. The Hall–Kier alpha value is -1.95. The average Bonchev–Trinajstić information content (AvgIpc) is 2.27. The van der Waals surface area contributed by atoms with Crippen molar-refractivity contribution in [2.45, 2.75) is 6.92 Å². The molecule has 0 saturated heterocycles. The molecule has 90 valence electrons. The number of rotatable bonds is 4. The Bertz CT molecular complexity index is 473. The van der Waals surface area contributed by atoms with Crippen molar-refractivity contribution >= 4 is 29.3 Å². The van der Waals surface area contributed by atoms with Crippen LogP contribution in [0.25, 0.3) is 6.08 Å². The molecule has 0 amide bonds. The van der Waals surface area contributed by atoms with E-state index < -0.39 is 10.9 Å². The second kappa shape index (κ2) is 5.95. The van der Waals surface area contributed by atoms with Gasteiger partial charge in [0.1, 0.15) is 5.69 Å². The highest BCUT2D eigenvalue weighted by molar-refractivity contribution is 6.30. The molecule has 0 aromatic carbocycles. The molecule has 0 bridgehead atoms. The predicted molar refractivity (Wildman–Crippen MR) is 61.6 cm³/mol. The van der Waals surface area contributed by atoms with Gasteiger partial charge in [-0.2, -0.15) is 0 Å². The Kier molecular flexibility index (Phi) is 4.59. The number of nitro groups is 1. The molecule has 0 spiro atoms. The second-order valence-corrected chi connectivity index (χ2v) is 3.34. The Balaban J connectivity index is 2.98. The van der Waals surface area contributed by atoms with Crippen LogP contribution >= 0.6 is 11.6 Å². The summed E-state index contributed by atoms with van der Waals surface area (Å²) in [4.78, 5) is 24.9. The maximum absolute atomic E-state index is 11.0. The van der Waals surface area contributed by atoms with Gasteiger partial charge < -0.3 is 4.74 Å². The van der Waals surface area contributed by atoms with Gasteiger partial charge in [0, 0.05) is 18.3 Å². The molecule has 0 aliphatic carbocycles. The van der Waals surface area contributed by atoms with Crippen molar-refractivity contribution in [3.63, 3.8) is 0 Å². The first-order chi connectivity index (χ1) is 8.04. The number of carbonyl (C=O) groups is 1. The highest BCUT2D eigenvalue weighted by Crippen LogP contribution is 2.21. The lowest BCUT2D eigenvalue weighted by molar-refractivity contribution is -0.385. The Morgan fingerprint density at radius 3 is 3.00 bits per heavy atom. The van der Waals surface area contributed by atoms with Crippen LogP contribution in [-0.2, 0) is 9.53 Å². The molecule has 0 N–H and O–H groups in total. The molecule has 0 aliphatic heterocycles. The smallest absolute Gasteiger partial charge is 0.330 e. The van der Waals surface area contributed by atoms with Gasteiger partial charge in [-0.15, -0.1) is 0 Å². The van der Waals surface area contributed by atoms with E-state index in [4.69, 9.17) is 11.6 Å². The van der Waals surface area contributed by atoms with Crippen molar-refractivity contribution in [3.8, 4) is 0 Å². The van der Waals surface area contributed by atoms with E-state index in [0.29, 0.717) is 0 Å². The van der Waals surface area contributed by atoms with E-state index in [-0.39, 0.29) is 23.0 Å². The molecule has 1 rings (SSSR count). The minimum absolute atomic E-state index is 0.0486. The van der Waals surface area contributed by atoms with Crippen LogP contribution in [-0.4, -0.2) is 22.5 Å². The van der Waals surface area contributed by atoms with Crippen LogP contribution in [0, 0.1) is 10.1 Å². The number of halogens is 1. The summed E-state index contributed by atoms with van der Waals surface area (Å²) in [6, 6.07) is 1.17. The van der Waals surface area contributed by atoms with E-state index in [0.717, 1.165) is 6.08 Å². The molecule has 0 unspecified atom stereocenters. The molecule has 0 aliphatic rings. The van der Waals surface area contributed by atoms with Gasteiger partial charge in [-0.3, -0.25) is 10.1 Å². The number of carbonyl (C=O) groups excluding carboxylic acids is 1. The molecular weight excluding hydrogens is 248 g/mol. The highest BCUT2D eigenvalue weighted by atomic mass is 35.5. The van der Waals surface area contributed by atoms with E-state index in [1.54, 1.807) is 6.92 Å². The first kappa shape index (κ1) is 13.1. The molecule has 0 fully saturated rings. The van der Waals surface area contributed by atoms with Crippen molar-refractivity contribution in [3.05, 3.63) is 39.2 Å². The molecule has 0 atom stereocenters. The molecule has 1 aromatic heterocycles. The zero-order valence-corrected chi connectivity index (χ0v) is 9.68. The standard InChI is InChI=1S/C10H9ClN2O4/c1-2-17-10(14)4-3-8-9(13(15)16)5-7(11)6-12-8/h3-6H,2H2,1H3. The number of nitrogens with zero attached hydrogens (tertiary/aromatic N) is 2. The lowest BCUT2D eigenvalue weighted by Crippen LogP contribution is -1.99. The van der Waals surface area contributed by atoms with Crippen LogP contribution in [0.2, 0.25) is 5.02 Å². The molecule has 1 heterocycles. The molecular formula is C10H9ClN2O4.